The predicted octanol–water partition coefficient (Wildman–Crippen LogP) is 3.56. The Kier molecular flexibility index (Phi) is 5.34. The number of hydrogen-bond acceptors (Lipinski definition) is 4. The van der Waals surface area contributed by atoms with Crippen molar-refractivity contribution in [1.82, 2.24) is 14.5 Å². The van der Waals surface area contributed by atoms with Crippen LogP contribution in [0.4, 0.5) is 11.4 Å². The first kappa shape index (κ1) is 19.4. The molecule has 0 radical (unpaired) electrons. The minimum Gasteiger partial charge on any atom is -0.397 e. The summed E-state index contributed by atoms with van der Waals surface area (Å²) in [6.45, 7) is 2.47. The number of aromatic amines is 1. The number of aryl methyl sites for hydroxylation is 1. The van der Waals surface area contributed by atoms with Gasteiger partial charge in [-0.3, -0.25) is 9.36 Å². The van der Waals surface area contributed by atoms with Crippen molar-refractivity contribution in [2.24, 2.45) is 0 Å². The second-order valence-electron chi connectivity index (χ2n) is 7.17. The first-order valence-electron chi connectivity index (χ1n) is 9.88. The summed E-state index contributed by atoms with van der Waals surface area (Å²) in [4.78, 5) is 32.3. The lowest BCUT2D eigenvalue weighted by Crippen LogP contribution is -2.18. The molecule has 0 fully saturated rings. The SMILES string of the molecule is CCCc1ccnc2c1[nH]c(=O)n2Cc1ccc(C(=O)Nc2ccccc2N)cc1. The van der Waals surface area contributed by atoms with Gasteiger partial charge in [-0.15, -0.1) is 0 Å². The van der Waals surface area contributed by atoms with Gasteiger partial charge >= 0.3 is 5.69 Å². The molecular formula is C23H23N5O2. The molecular weight excluding hydrogens is 378 g/mol. The molecule has 152 valence electrons. The van der Waals surface area contributed by atoms with Crippen LogP contribution in [0.3, 0.4) is 0 Å². The van der Waals surface area contributed by atoms with Gasteiger partial charge in [-0.05, 0) is 47.9 Å². The number of imidazole rings is 1. The second kappa shape index (κ2) is 8.24. The molecule has 4 rings (SSSR count). The van der Waals surface area contributed by atoms with Gasteiger partial charge in [0.25, 0.3) is 5.91 Å². The molecule has 2 aromatic carbocycles. The first-order valence-corrected chi connectivity index (χ1v) is 9.88. The maximum atomic E-state index is 12.5. The molecule has 4 aromatic rings. The fraction of sp³-hybridized carbons (Fsp3) is 0.174. The molecule has 0 spiro atoms. The number of aromatic nitrogens is 3. The number of para-hydroxylation sites is 2. The topological polar surface area (TPSA) is 106 Å². The number of hydrogen-bond donors (Lipinski definition) is 3. The van der Waals surface area contributed by atoms with Crippen molar-refractivity contribution in [3.8, 4) is 0 Å². The Bertz CT molecular complexity index is 1250. The number of nitrogens with zero attached hydrogens (tertiary/aromatic N) is 2. The molecule has 2 heterocycles. The van der Waals surface area contributed by atoms with E-state index in [-0.39, 0.29) is 11.6 Å². The quantitative estimate of drug-likeness (QED) is 0.430. The van der Waals surface area contributed by atoms with Crippen LogP contribution >= 0.6 is 0 Å². The van der Waals surface area contributed by atoms with Crippen molar-refractivity contribution in [2.45, 2.75) is 26.3 Å². The highest BCUT2D eigenvalue weighted by atomic mass is 16.2. The minimum atomic E-state index is -0.241. The third kappa shape index (κ3) is 3.82. The van der Waals surface area contributed by atoms with Crippen LogP contribution in [-0.2, 0) is 13.0 Å². The predicted molar refractivity (Wildman–Crippen MR) is 119 cm³/mol. The minimum absolute atomic E-state index is 0.192. The summed E-state index contributed by atoms with van der Waals surface area (Å²) < 4.78 is 1.62. The molecule has 0 saturated carbocycles. The summed E-state index contributed by atoms with van der Waals surface area (Å²) in [7, 11) is 0. The lowest BCUT2D eigenvalue weighted by atomic mass is 10.1. The monoisotopic (exact) mass is 401 g/mol. The Morgan fingerprint density at radius 1 is 1.13 bits per heavy atom. The van der Waals surface area contributed by atoms with E-state index in [2.05, 4.69) is 22.2 Å². The molecule has 0 aliphatic rings. The Morgan fingerprint density at radius 3 is 2.63 bits per heavy atom. The Labute approximate surface area is 173 Å². The zero-order chi connectivity index (χ0) is 21.1. The highest BCUT2D eigenvalue weighted by molar-refractivity contribution is 6.05. The van der Waals surface area contributed by atoms with Gasteiger partial charge in [0, 0.05) is 11.8 Å². The van der Waals surface area contributed by atoms with E-state index in [4.69, 9.17) is 5.73 Å². The lowest BCUT2D eigenvalue weighted by molar-refractivity contribution is 0.102. The molecule has 2 aromatic heterocycles. The van der Waals surface area contributed by atoms with Gasteiger partial charge in [0.05, 0.1) is 23.4 Å². The van der Waals surface area contributed by atoms with Gasteiger partial charge < -0.3 is 16.0 Å². The van der Waals surface area contributed by atoms with Gasteiger partial charge in [-0.2, -0.15) is 0 Å². The van der Waals surface area contributed by atoms with Gasteiger partial charge in [-0.25, -0.2) is 9.78 Å². The van der Waals surface area contributed by atoms with Crippen LogP contribution in [0, 0.1) is 0 Å². The zero-order valence-electron chi connectivity index (χ0n) is 16.7. The van der Waals surface area contributed by atoms with Crippen LogP contribution in [0.5, 0.6) is 0 Å². The van der Waals surface area contributed by atoms with Gasteiger partial charge in [0.2, 0.25) is 0 Å². The maximum Gasteiger partial charge on any atom is 0.327 e. The van der Waals surface area contributed by atoms with Crippen molar-refractivity contribution in [3.63, 3.8) is 0 Å². The van der Waals surface area contributed by atoms with Crippen molar-refractivity contribution >= 4 is 28.4 Å². The van der Waals surface area contributed by atoms with E-state index in [1.165, 1.54) is 0 Å². The van der Waals surface area contributed by atoms with Crippen LogP contribution in [0.15, 0.2) is 65.6 Å². The van der Waals surface area contributed by atoms with E-state index in [0.29, 0.717) is 29.1 Å². The normalized spacial score (nSPS) is 11.0. The van der Waals surface area contributed by atoms with E-state index < -0.39 is 0 Å². The fourth-order valence-electron chi connectivity index (χ4n) is 3.47. The van der Waals surface area contributed by atoms with Gasteiger partial charge in [0.15, 0.2) is 5.65 Å². The standard InChI is InChI=1S/C23H23N5O2/c1-2-5-16-12-13-25-21-20(16)27-23(30)28(21)14-15-8-10-17(11-9-15)22(29)26-19-7-4-3-6-18(19)24/h3-4,6-13H,2,5,14,24H2,1H3,(H,26,29)(H,27,30). The number of fused-ring (bicyclic) bond motifs is 1. The molecule has 1 amide bonds. The summed E-state index contributed by atoms with van der Waals surface area (Å²) in [6, 6.07) is 16.2. The van der Waals surface area contributed by atoms with Crippen LogP contribution in [-0.4, -0.2) is 20.4 Å². The lowest BCUT2D eigenvalue weighted by Gasteiger charge is -2.09. The summed E-state index contributed by atoms with van der Waals surface area (Å²) in [5.41, 5.74) is 10.7. The van der Waals surface area contributed by atoms with E-state index in [9.17, 15) is 9.59 Å². The molecule has 0 bridgehead atoms. The molecule has 7 nitrogen and oxygen atoms in total. The molecule has 0 saturated heterocycles. The largest absolute Gasteiger partial charge is 0.397 e. The summed E-state index contributed by atoms with van der Waals surface area (Å²) in [6.07, 6.45) is 3.61. The highest BCUT2D eigenvalue weighted by Gasteiger charge is 2.12. The molecule has 7 heteroatoms. The van der Waals surface area contributed by atoms with E-state index >= 15 is 0 Å². The number of carbonyl (C=O) groups is 1. The number of rotatable bonds is 6. The van der Waals surface area contributed by atoms with Crippen LogP contribution in [0.2, 0.25) is 0 Å². The summed E-state index contributed by atoms with van der Waals surface area (Å²) >= 11 is 0. The van der Waals surface area contributed by atoms with E-state index in [1.807, 2.05) is 30.3 Å². The number of nitrogen functional groups attached to an aromatic ring is 1. The number of nitrogens with one attached hydrogen (secondary N) is 2. The fourth-order valence-corrected chi connectivity index (χ4v) is 3.47. The number of anilines is 2. The highest BCUT2D eigenvalue weighted by Crippen LogP contribution is 2.19. The summed E-state index contributed by atoms with van der Waals surface area (Å²) in [5.74, 6) is -0.241. The summed E-state index contributed by atoms with van der Waals surface area (Å²) in [5, 5.41) is 2.81. The first-order chi connectivity index (χ1) is 14.6. The average molecular weight is 401 g/mol. The Hall–Kier alpha value is -3.87. The van der Waals surface area contributed by atoms with E-state index in [1.54, 1.807) is 35.0 Å². The molecule has 0 aliphatic heterocycles. The van der Waals surface area contributed by atoms with Gasteiger partial charge in [-0.1, -0.05) is 37.6 Å². The van der Waals surface area contributed by atoms with Crippen LogP contribution in [0.25, 0.3) is 11.2 Å². The van der Waals surface area contributed by atoms with Crippen molar-refractivity contribution in [1.29, 1.82) is 0 Å². The molecule has 30 heavy (non-hydrogen) atoms. The number of pyridine rings is 1. The van der Waals surface area contributed by atoms with E-state index in [0.717, 1.165) is 29.5 Å². The third-order valence-electron chi connectivity index (χ3n) is 5.04. The van der Waals surface area contributed by atoms with Crippen molar-refractivity contribution in [3.05, 3.63) is 88.0 Å². The molecule has 4 N–H and O–H groups in total. The third-order valence-corrected chi connectivity index (χ3v) is 5.04. The van der Waals surface area contributed by atoms with Crippen LogP contribution < -0.4 is 16.7 Å². The molecule has 0 atom stereocenters. The maximum absolute atomic E-state index is 12.5. The van der Waals surface area contributed by atoms with Crippen molar-refractivity contribution in [2.75, 3.05) is 11.1 Å². The number of benzene rings is 2. The Balaban J connectivity index is 1.55. The Morgan fingerprint density at radius 2 is 1.90 bits per heavy atom. The van der Waals surface area contributed by atoms with Gasteiger partial charge in [0.1, 0.15) is 0 Å². The number of H-pyrrole nitrogens is 1. The molecule has 0 aliphatic carbocycles. The molecule has 0 unspecified atom stereocenters. The smallest absolute Gasteiger partial charge is 0.327 e. The number of nitrogens with two attached hydrogens (primary N) is 1. The average Bonchev–Trinajstić information content (AvgIpc) is 3.07. The van der Waals surface area contributed by atoms with Crippen LogP contribution in [0.1, 0.15) is 34.8 Å². The van der Waals surface area contributed by atoms with Crippen molar-refractivity contribution < 1.29 is 4.79 Å². The second-order valence-corrected chi connectivity index (χ2v) is 7.17. The number of carbonyl (C=O) groups excluding carboxylic acids is 1. The number of amides is 1. The zero-order valence-corrected chi connectivity index (χ0v) is 16.7.